The summed E-state index contributed by atoms with van der Waals surface area (Å²) in [5, 5.41) is 8.27. The largest absolute Gasteiger partial charge is 0.493 e. The number of ether oxygens (including phenoxy) is 2. The Balaban J connectivity index is 1.23. The van der Waals surface area contributed by atoms with Gasteiger partial charge in [0.1, 0.15) is 6.61 Å². The van der Waals surface area contributed by atoms with Crippen LogP contribution < -0.4 is 9.47 Å². The third-order valence-electron chi connectivity index (χ3n) is 6.68. The molecule has 180 valence electrons. The van der Waals surface area contributed by atoms with Crippen LogP contribution in [0.5, 0.6) is 11.5 Å². The smallest absolute Gasteiger partial charge is 0.253 e. The molecule has 1 amide bonds. The van der Waals surface area contributed by atoms with Gasteiger partial charge < -0.3 is 14.4 Å². The number of amides is 1. The number of carbonyl (C=O) groups excluding carboxylic acids is 1. The van der Waals surface area contributed by atoms with Crippen molar-refractivity contribution in [2.75, 3.05) is 20.2 Å². The average molecular weight is 471 g/mol. The second-order valence-corrected chi connectivity index (χ2v) is 9.06. The highest BCUT2D eigenvalue weighted by molar-refractivity contribution is 5.95. The van der Waals surface area contributed by atoms with Gasteiger partial charge >= 0.3 is 0 Å². The maximum absolute atomic E-state index is 13.4. The van der Waals surface area contributed by atoms with Crippen LogP contribution in [0.3, 0.4) is 0 Å². The first-order valence-corrected chi connectivity index (χ1v) is 12.1. The van der Waals surface area contributed by atoms with Crippen molar-refractivity contribution in [3.8, 4) is 11.5 Å². The third-order valence-corrected chi connectivity index (χ3v) is 6.68. The van der Waals surface area contributed by atoms with E-state index in [-0.39, 0.29) is 5.91 Å². The van der Waals surface area contributed by atoms with Gasteiger partial charge in [-0.1, -0.05) is 12.1 Å². The second kappa shape index (κ2) is 10.6. The minimum atomic E-state index is 0.0378. The molecule has 3 heterocycles. The lowest BCUT2D eigenvalue weighted by Crippen LogP contribution is -2.32. The van der Waals surface area contributed by atoms with Crippen molar-refractivity contribution in [1.29, 1.82) is 0 Å². The van der Waals surface area contributed by atoms with Gasteiger partial charge in [-0.15, -0.1) is 0 Å². The van der Waals surface area contributed by atoms with Gasteiger partial charge in [0, 0.05) is 30.2 Å². The maximum Gasteiger partial charge on any atom is 0.253 e. The van der Waals surface area contributed by atoms with Crippen LogP contribution in [0, 0.1) is 5.92 Å². The van der Waals surface area contributed by atoms with Gasteiger partial charge in [0.15, 0.2) is 11.5 Å². The number of carbonyl (C=O) groups is 1. The van der Waals surface area contributed by atoms with Gasteiger partial charge in [0.05, 0.1) is 24.5 Å². The van der Waals surface area contributed by atoms with Crippen molar-refractivity contribution >= 4 is 16.8 Å². The van der Waals surface area contributed by atoms with E-state index in [1.165, 1.54) is 5.56 Å². The summed E-state index contributed by atoms with van der Waals surface area (Å²) in [7, 11) is 1.60. The molecule has 7 heteroatoms. The third kappa shape index (κ3) is 5.45. The number of pyridine rings is 1. The molecule has 0 radical (unpaired) electrons. The van der Waals surface area contributed by atoms with E-state index in [0.717, 1.165) is 55.4 Å². The lowest BCUT2D eigenvalue weighted by molar-refractivity contribution is 0.0759. The Bertz CT molecular complexity index is 1290. The first-order chi connectivity index (χ1) is 17.2. The van der Waals surface area contributed by atoms with Crippen LogP contribution in [0.1, 0.15) is 40.9 Å². The molecule has 0 spiro atoms. The van der Waals surface area contributed by atoms with E-state index < -0.39 is 0 Å². The number of hydrogen-bond donors (Lipinski definition) is 1. The van der Waals surface area contributed by atoms with Crippen LogP contribution in [0.25, 0.3) is 10.9 Å². The van der Waals surface area contributed by atoms with E-state index in [1.54, 1.807) is 25.4 Å². The van der Waals surface area contributed by atoms with Gasteiger partial charge in [0.2, 0.25) is 0 Å². The Morgan fingerprint density at radius 2 is 2.03 bits per heavy atom. The van der Waals surface area contributed by atoms with E-state index in [4.69, 9.17) is 9.47 Å². The van der Waals surface area contributed by atoms with Gasteiger partial charge in [-0.05, 0) is 79.6 Å². The van der Waals surface area contributed by atoms with Crippen molar-refractivity contribution in [2.45, 2.75) is 32.3 Å². The zero-order valence-corrected chi connectivity index (χ0v) is 19.9. The molecular formula is C28H30N4O3. The number of fused-ring (bicyclic) bond motifs is 1. The molecule has 0 aliphatic carbocycles. The molecule has 7 nitrogen and oxygen atoms in total. The number of aromatic nitrogens is 3. The van der Waals surface area contributed by atoms with Crippen LogP contribution in [0.4, 0.5) is 0 Å². The zero-order valence-electron chi connectivity index (χ0n) is 19.9. The Labute approximate surface area is 205 Å². The topological polar surface area (TPSA) is 80.3 Å². The fourth-order valence-electron chi connectivity index (χ4n) is 4.77. The minimum absolute atomic E-state index is 0.0378. The molecule has 1 aliphatic heterocycles. The lowest BCUT2D eigenvalue weighted by atomic mass is 9.92. The molecule has 1 saturated heterocycles. The SMILES string of the molecule is COc1ccc(C(=O)N2CCC[C@H](Cc3ccc4[nH]ncc4c3)CC2)cc1OCc1ccccn1. The zero-order chi connectivity index (χ0) is 24.0. The number of rotatable bonds is 7. The van der Waals surface area contributed by atoms with Crippen molar-refractivity contribution in [3.63, 3.8) is 0 Å². The molecule has 4 aromatic rings. The molecule has 2 aromatic heterocycles. The van der Waals surface area contributed by atoms with E-state index in [1.807, 2.05) is 35.4 Å². The molecule has 0 bridgehead atoms. The van der Waals surface area contributed by atoms with E-state index >= 15 is 0 Å². The quantitative estimate of drug-likeness (QED) is 0.410. The predicted octanol–water partition coefficient (Wildman–Crippen LogP) is 5.03. The highest BCUT2D eigenvalue weighted by Gasteiger charge is 2.23. The van der Waals surface area contributed by atoms with Crippen molar-refractivity contribution < 1.29 is 14.3 Å². The number of nitrogens with one attached hydrogen (secondary N) is 1. The Morgan fingerprint density at radius 1 is 1.09 bits per heavy atom. The summed E-state index contributed by atoms with van der Waals surface area (Å²) >= 11 is 0. The van der Waals surface area contributed by atoms with Crippen molar-refractivity contribution in [2.24, 2.45) is 5.92 Å². The average Bonchev–Trinajstić information content (AvgIpc) is 3.25. The number of hydrogen-bond acceptors (Lipinski definition) is 5. The molecule has 0 unspecified atom stereocenters. The van der Waals surface area contributed by atoms with Crippen molar-refractivity contribution in [1.82, 2.24) is 20.1 Å². The normalized spacial score (nSPS) is 16.1. The summed E-state index contributed by atoms with van der Waals surface area (Å²) in [4.78, 5) is 19.6. The number of H-pyrrole nitrogens is 1. The number of aromatic amines is 1. The molecule has 1 aliphatic rings. The maximum atomic E-state index is 13.4. The van der Waals surface area contributed by atoms with E-state index in [2.05, 4.69) is 33.4 Å². The summed E-state index contributed by atoms with van der Waals surface area (Å²) < 4.78 is 11.4. The predicted molar refractivity (Wildman–Crippen MR) is 135 cm³/mol. The van der Waals surface area contributed by atoms with Crippen LogP contribution >= 0.6 is 0 Å². The van der Waals surface area contributed by atoms with E-state index in [0.29, 0.717) is 29.6 Å². The highest BCUT2D eigenvalue weighted by atomic mass is 16.5. The Kier molecular flexibility index (Phi) is 6.93. The molecule has 1 atom stereocenters. The van der Waals surface area contributed by atoms with Gasteiger partial charge in [-0.2, -0.15) is 5.10 Å². The van der Waals surface area contributed by atoms with Crippen LogP contribution in [0.15, 0.2) is 67.0 Å². The molecular weight excluding hydrogens is 440 g/mol. The van der Waals surface area contributed by atoms with E-state index in [9.17, 15) is 4.79 Å². The fourth-order valence-corrected chi connectivity index (χ4v) is 4.77. The number of benzene rings is 2. The standard InChI is InChI=1S/C28H30N4O3/c1-34-26-10-8-22(17-27(26)35-19-24-6-2-3-12-29-24)28(33)32-13-4-5-20(11-14-32)15-21-7-9-25-23(16-21)18-30-31-25/h2-3,6-10,12,16-18,20H,4-5,11,13-15,19H2,1H3,(H,30,31)/t20-/m0/s1. The summed E-state index contributed by atoms with van der Waals surface area (Å²) in [5.74, 6) is 1.75. The molecule has 1 fully saturated rings. The molecule has 0 saturated carbocycles. The molecule has 1 N–H and O–H groups in total. The Hall–Kier alpha value is -3.87. The molecule has 5 rings (SSSR count). The first kappa shape index (κ1) is 22.9. The minimum Gasteiger partial charge on any atom is -0.493 e. The van der Waals surface area contributed by atoms with Crippen LogP contribution in [-0.4, -0.2) is 46.2 Å². The van der Waals surface area contributed by atoms with Crippen LogP contribution in [-0.2, 0) is 13.0 Å². The first-order valence-electron chi connectivity index (χ1n) is 12.1. The van der Waals surface area contributed by atoms with Gasteiger partial charge in [0.25, 0.3) is 5.91 Å². The summed E-state index contributed by atoms with van der Waals surface area (Å²) in [5.41, 5.74) is 3.82. The monoisotopic (exact) mass is 470 g/mol. The summed E-state index contributed by atoms with van der Waals surface area (Å²) in [6.45, 7) is 1.84. The number of methoxy groups -OCH3 is 1. The fraction of sp³-hybridized carbons (Fsp3) is 0.321. The number of likely N-dealkylation sites (tertiary alicyclic amines) is 1. The van der Waals surface area contributed by atoms with Crippen LogP contribution in [0.2, 0.25) is 0 Å². The summed E-state index contributed by atoms with van der Waals surface area (Å²) in [6.07, 6.45) is 7.75. The number of nitrogens with zero attached hydrogens (tertiary/aromatic N) is 3. The van der Waals surface area contributed by atoms with Gasteiger partial charge in [-0.3, -0.25) is 14.9 Å². The van der Waals surface area contributed by atoms with Crippen molar-refractivity contribution in [3.05, 3.63) is 83.8 Å². The highest BCUT2D eigenvalue weighted by Crippen LogP contribution is 2.30. The summed E-state index contributed by atoms with van der Waals surface area (Å²) in [6, 6.07) is 17.6. The molecule has 35 heavy (non-hydrogen) atoms. The van der Waals surface area contributed by atoms with Gasteiger partial charge in [-0.25, -0.2) is 0 Å². The lowest BCUT2D eigenvalue weighted by Gasteiger charge is -2.21. The molecule has 2 aromatic carbocycles. The Morgan fingerprint density at radius 3 is 2.89 bits per heavy atom. The second-order valence-electron chi connectivity index (χ2n) is 9.06.